The van der Waals surface area contributed by atoms with Gasteiger partial charge in [-0.05, 0) is 0 Å². The second-order valence-corrected chi connectivity index (χ2v) is 8.67. The Morgan fingerprint density at radius 1 is 1.42 bits per heavy atom. The van der Waals surface area contributed by atoms with Crippen LogP contribution in [0.1, 0.15) is 12.6 Å². The highest BCUT2D eigenvalue weighted by Gasteiger charge is 2.54. The molecule has 1 fully saturated rings. The van der Waals surface area contributed by atoms with E-state index in [4.69, 9.17) is 20.0 Å². The van der Waals surface area contributed by atoms with E-state index in [1.54, 1.807) is 0 Å². The molecule has 1 aromatic rings. The van der Waals surface area contributed by atoms with E-state index in [-0.39, 0.29) is 41.2 Å². The van der Waals surface area contributed by atoms with Crippen molar-refractivity contribution in [1.82, 2.24) is 15.2 Å². The topological polar surface area (TPSA) is 163 Å². The smallest absolute Gasteiger partial charge is 0.355 e. The highest BCUT2D eigenvalue weighted by Crippen LogP contribution is 2.40. The highest BCUT2D eigenvalue weighted by molar-refractivity contribution is 8.00. The van der Waals surface area contributed by atoms with Crippen molar-refractivity contribution >= 4 is 57.7 Å². The van der Waals surface area contributed by atoms with Gasteiger partial charge in [-0.3, -0.25) is 19.3 Å². The number of nitrogen functional groups attached to an aromatic ring is 1. The van der Waals surface area contributed by atoms with Crippen LogP contribution >= 0.6 is 23.1 Å². The van der Waals surface area contributed by atoms with Gasteiger partial charge in [-0.25, -0.2) is 9.78 Å². The molecule has 12 nitrogen and oxygen atoms in total. The number of hydrogen-bond donors (Lipinski definition) is 2. The Morgan fingerprint density at radius 3 is 2.79 bits per heavy atom. The minimum Gasteiger partial charge on any atom is -0.461 e. The van der Waals surface area contributed by atoms with Crippen molar-refractivity contribution in [2.75, 3.05) is 31.8 Å². The van der Waals surface area contributed by atoms with Crippen molar-refractivity contribution in [2.24, 2.45) is 5.16 Å². The van der Waals surface area contributed by atoms with Crippen LogP contribution in [0.3, 0.4) is 0 Å². The number of amides is 2. The first-order valence-corrected chi connectivity index (χ1v) is 11.4. The number of ether oxygens (including phenoxy) is 2. The fourth-order valence-corrected chi connectivity index (χ4v) is 4.95. The Morgan fingerprint density at radius 2 is 2.18 bits per heavy atom. The fraction of sp³-hybridized carbons (Fsp3) is 0.368. The summed E-state index contributed by atoms with van der Waals surface area (Å²) in [6, 6.07) is -0.932. The van der Waals surface area contributed by atoms with E-state index in [1.165, 1.54) is 42.2 Å². The van der Waals surface area contributed by atoms with Crippen molar-refractivity contribution in [2.45, 2.75) is 18.3 Å². The van der Waals surface area contributed by atoms with E-state index < -0.39 is 35.2 Å². The van der Waals surface area contributed by atoms with Gasteiger partial charge in [0.05, 0.1) is 0 Å². The van der Waals surface area contributed by atoms with Crippen molar-refractivity contribution in [1.29, 1.82) is 0 Å². The molecule has 0 spiro atoms. The minimum absolute atomic E-state index is 0.00425. The van der Waals surface area contributed by atoms with Crippen LogP contribution in [0.25, 0.3) is 0 Å². The molecule has 2 aliphatic rings. The van der Waals surface area contributed by atoms with E-state index in [0.717, 1.165) is 11.3 Å². The number of oxime groups is 1. The van der Waals surface area contributed by atoms with E-state index in [1.807, 2.05) is 0 Å². The Balaban J connectivity index is 1.80. The number of carbonyl (C=O) groups is 4. The summed E-state index contributed by atoms with van der Waals surface area (Å²) in [6.07, 6.45) is 1.39. The van der Waals surface area contributed by atoms with Gasteiger partial charge in [0.25, 0.3) is 11.8 Å². The van der Waals surface area contributed by atoms with Gasteiger partial charge >= 0.3 is 11.9 Å². The maximum absolute atomic E-state index is 12.9. The van der Waals surface area contributed by atoms with Crippen LogP contribution in [0.15, 0.2) is 34.5 Å². The number of nitrogens with one attached hydrogen (secondary N) is 1. The van der Waals surface area contributed by atoms with Gasteiger partial charge in [-0.2, -0.15) is 0 Å². The number of aromatic nitrogens is 1. The maximum atomic E-state index is 12.9. The number of thiazole rings is 1. The lowest BCUT2D eigenvalue weighted by Crippen LogP contribution is -2.71. The van der Waals surface area contributed by atoms with Crippen LogP contribution in [-0.4, -0.2) is 76.8 Å². The van der Waals surface area contributed by atoms with Crippen molar-refractivity contribution in [3.63, 3.8) is 0 Å². The van der Waals surface area contributed by atoms with Crippen LogP contribution in [0, 0.1) is 0 Å². The summed E-state index contributed by atoms with van der Waals surface area (Å²) < 4.78 is 10.1. The third-order valence-corrected chi connectivity index (χ3v) is 6.48. The average Bonchev–Trinajstić information content (AvgIpc) is 3.22. The van der Waals surface area contributed by atoms with Crippen LogP contribution < -0.4 is 11.1 Å². The summed E-state index contributed by atoms with van der Waals surface area (Å²) in [7, 11) is 1.27. The molecule has 33 heavy (non-hydrogen) atoms. The standard InChI is InChI=1S/C19H21N5O7S2/c1-4-5-30-18(28)14-10(6-31-9(2)25)7-32-17-13(16(27)24(14)17)22-15(26)12(23-29-3)11-8-33-19(20)21-11/h4,8,13,17H,1,5-7H2,2-3H3,(H2,20,21)(H,22,26)/t13?,17-/m1/s1. The molecular weight excluding hydrogens is 474 g/mol. The number of hydrogen-bond acceptors (Lipinski definition) is 12. The molecule has 2 aliphatic heterocycles. The predicted octanol–water partition coefficient (Wildman–Crippen LogP) is 0.0221. The third-order valence-electron chi connectivity index (χ3n) is 4.47. The van der Waals surface area contributed by atoms with Crippen molar-refractivity contribution in [3.8, 4) is 0 Å². The number of carbonyl (C=O) groups excluding carboxylic acids is 4. The number of β-lactam (4-membered cyclic amide) rings is 1. The van der Waals surface area contributed by atoms with Crippen LogP contribution in [0.4, 0.5) is 5.13 Å². The summed E-state index contributed by atoms with van der Waals surface area (Å²) in [6.45, 7) is 4.51. The number of rotatable bonds is 9. The molecule has 3 rings (SSSR count). The van der Waals surface area contributed by atoms with Gasteiger partial charge in [-0.1, -0.05) is 17.8 Å². The second kappa shape index (κ2) is 10.5. The fourth-order valence-electron chi connectivity index (χ4n) is 3.08. The molecule has 2 atom stereocenters. The monoisotopic (exact) mass is 495 g/mol. The summed E-state index contributed by atoms with van der Waals surface area (Å²) in [4.78, 5) is 59.6. The summed E-state index contributed by atoms with van der Waals surface area (Å²) >= 11 is 2.43. The third kappa shape index (κ3) is 5.17. The molecule has 176 valence electrons. The first kappa shape index (κ1) is 24.3. The van der Waals surface area contributed by atoms with E-state index >= 15 is 0 Å². The lowest BCUT2D eigenvalue weighted by Gasteiger charge is -2.49. The van der Waals surface area contributed by atoms with Crippen LogP contribution in [-0.2, 0) is 33.5 Å². The van der Waals surface area contributed by atoms with Gasteiger partial charge in [-0.15, -0.1) is 23.1 Å². The Kier molecular flexibility index (Phi) is 7.71. The number of nitrogens with zero attached hydrogens (tertiary/aromatic N) is 3. The molecule has 1 aromatic heterocycles. The largest absolute Gasteiger partial charge is 0.461 e. The Labute approximate surface area is 196 Å². The molecular formula is C19H21N5O7S2. The summed E-state index contributed by atoms with van der Waals surface area (Å²) in [5.74, 6) is -2.21. The summed E-state index contributed by atoms with van der Waals surface area (Å²) in [5, 5.41) is 7.51. The van der Waals surface area contributed by atoms with E-state index in [9.17, 15) is 19.2 Å². The first-order valence-electron chi connectivity index (χ1n) is 9.49. The second-order valence-electron chi connectivity index (χ2n) is 6.67. The molecule has 0 saturated carbocycles. The van der Waals surface area contributed by atoms with Gasteiger partial charge in [0, 0.05) is 23.6 Å². The van der Waals surface area contributed by atoms with Gasteiger partial charge in [0.1, 0.15) is 43.1 Å². The van der Waals surface area contributed by atoms with E-state index in [0.29, 0.717) is 5.57 Å². The Hall–Kier alpha value is -3.39. The molecule has 14 heteroatoms. The summed E-state index contributed by atoms with van der Waals surface area (Å²) in [5.41, 5.74) is 6.11. The number of thioether (sulfide) groups is 1. The van der Waals surface area contributed by atoms with Gasteiger partial charge < -0.3 is 25.4 Å². The molecule has 1 saturated heterocycles. The number of fused-ring (bicyclic) bond motifs is 1. The molecule has 2 amide bonds. The lowest BCUT2D eigenvalue weighted by molar-refractivity contribution is -0.152. The molecule has 0 aliphatic carbocycles. The van der Waals surface area contributed by atoms with Crippen LogP contribution in [0.2, 0.25) is 0 Å². The molecule has 0 aromatic carbocycles. The molecule has 0 bridgehead atoms. The number of anilines is 1. The zero-order chi connectivity index (χ0) is 24.1. The Bertz CT molecular complexity index is 1050. The van der Waals surface area contributed by atoms with Crippen LogP contribution in [0.5, 0.6) is 0 Å². The lowest BCUT2D eigenvalue weighted by atomic mass is 10.0. The maximum Gasteiger partial charge on any atom is 0.355 e. The predicted molar refractivity (Wildman–Crippen MR) is 120 cm³/mol. The SMILES string of the molecule is C=CCOC(=O)C1=C(COC(C)=O)CS[C@@H]2C(NC(=O)C(=NOC)c3csc(N)n3)C(=O)N12. The first-order chi connectivity index (χ1) is 15.8. The molecule has 1 unspecified atom stereocenters. The zero-order valence-electron chi connectivity index (χ0n) is 17.7. The zero-order valence-corrected chi connectivity index (χ0v) is 19.4. The molecule has 3 heterocycles. The number of esters is 2. The normalized spacial score (nSPS) is 19.9. The number of nitrogens with two attached hydrogens (primary N) is 1. The van der Waals surface area contributed by atoms with Gasteiger partial charge in [0.15, 0.2) is 10.8 Å². The van der Waals surface area contributed by atoms with E-state index in [2.05, 4.69) is 22.0 Å². The molecule has 3 N–H and O–H groups in total. The van der Waals surface area contributed by atoms with Crippen molar-refractivity contribution in [3.05, 3.63) is 35.0 Å². The quantitative estimate of drug-likeness (QED) is 0.157. The minimum atomic E-state index is -0.932. The highest BCUT2D eigenvalue weighted by atomic mass is 32.2. The average molecular weight is 496 g/mol. The van der Waals surface area contributed by atoms with Crippen molar-refractivity contribution < 1.29 is 33.5 Å². The van der Waals surface area contributed by atoms with Gasteiger partial charge in [0.2, 0.25) is 0 Å². The molecule has 0 radical (unpaired) electrons.